The third-order valence-electron chi connectivity index (χ3n) is 5.44. The number of hydrogen-bond acceptors (Lipinski definition) is 7. The van der Waals surface area contributed by atoms with Crippen LogP contribution in [0.5, 0.6) is 0 Å². The summed E-state index contributed by atoms with van der Waals surface area (Å²) in [5, 5.41) is 3.09. The first-order valence-electron chi connectivity index (χ1n) is 10.3. The molecule has 3 heterocycles. The van der Waals surface area contributed by atoms with Crippen LogP contribution in [0.3, 0.4) is 0 Å². The number of aryl methyl sites for hydroxylation is 1. The molecule has 0 aliphatic carbocycles. The average molecular weight is 452 g/mol. The van der Waals surface area contributed by atoms with Crippen molar-refractivity contribution in [2.45, 2.75) is 63.4 Å². The number of nitrogens with one attached hydrogen (secondary N) is 2. The molecule has 1 fully saturated rings. The number of thiazole rings is 1. The van der Waals surface area contributed by atoms with Crippen LogP contribution in [-0.4, -0.2) is 49.5 Å². The van der Waals surface area contributed by atoms with E-state index in [-0.39, 0.29) is 22.9 Å². The number of anilines is 1. The zero-order valence-electron chi connectivity index (χ0n) is 17.6. The molecule has 10 heteroatoms. The topological polar surface area (TPSA) is 104 Å². The highest BCUT2D eigenvalue weighted by molar-refractivity contribution is 7.89. The number of carbonyl (C=O) groups is 1. The number of rotatable bonds is 8. The first-order chi connectivity index (χ1) is 14.3. The van der Waals surface area contributed by atoms with Gasteiger partial charge in [0.05, 0.1) is 11.2 Å². The molecule has 1 aliphatic heterocycles. The van der Waals surface area contributed by atoms with E-state index in [2.05, 4.69) is 24.9 Å². The molecule has 1 aliphatic rings. The minimum absolute atomic E-state index is 0.0638. The van der Waals surface area contributed by atoms with Gasteiger partial charge < -0.3 is 10.2 Å². The van der Waals surface area contributed by atoms with Gasteiger partial charge in [0.15, 0.2) is 0 Å². The Balaban J connectivity index is 1.56. The Morgan fingerprint density at radius 1 is 1.23 bits per heavy atom. The van der Waals surface area contributed by atoms with Crippen LogP contribution in [0.2, 0.25) is 0 Å². The van der Waals surface area contributed by atoms with Gasteiger partial charge in [0.2, 0.25) is 10.0 Å². The van der Waals surface area contributed by atoms with Crippen LogP contribution in [-0.2, 0) is 10.0 Å². The molecule has 1 amide bonds. The van der Waals surface area contributed by atoms with Crippen molar-refractivity contribution >= 4 is 33.1 Å². The van der Waals surface area contributed by atoms with E-state index in [1.165, 1.54) is 17.5 Å². The molecule has 0 radical (unpaired) electrons. The molecule has 2 aromatic heterocycles. The van der Waals surface area contributed by atoms with Crippen molar-refractivity contribution in [1.82, 2.24) is 20.0 Å². The highest BCUT2D eigenvalue weighted by Crippen LogP contribution is 2.21. The summed E-state index contributed by atoms with van der Waals surface area (Å²) < 4.78 is 27.7. The number of amides is 1. The molecule has 30 heavy (non-hydrogen) atoms. The Bertz CT molecular complexity index is 947. The fourth-order valence-corrected chi connectivity index (χ4v) is 5.54. The number of pyridine rings is 1. The van der Waals surface area contributed by atoms with Gasteiger partial charge in [-0.1, -0.05) is 13.8 Å². The molecule has 1 saturated heterocycles. The van der Waals surface area contributed by atoms with E-state index < -0.39 is 10.0 Å². The van der Waals surface area contributed by atoms with E-state index in [4.69, 9.17) is 0 Å². The Morgan fingerprint density at radius 2 is 1.93 bits per heavy atom. The largest absolute Gasteiger partial charge is 0.356 e. The fraction of sp³-hybridized carbons (Fsp3) is 0.550. The molecular formula is C20H29N5O3S2. The standard InChI is InChI=1S/C20H29N5O3S2/c1-4-15(5-2)24-30(27,28)17-6-7-18(21-12-17)25-10-8-16(9-11-25)23-20(26)19-14(3)22-13-29-19/h6-7,12-13,15-16,24H,4-5,8-11H2,1-3H3,(H,23,26). The fourth-order valence-electron chi connectivity index (χ4n) is 3.49. The van der Waals surface area contributed by atoms with Crippen molar-refractivity contribution in [3.63, 3.8) is 0 Å². The summed E-state index contributed by atoms with van der Waals surface area (Å²) in [6.45, 7) is 7.25. The van der Waals surface area contributed by atoms with Crippen molar-refractivity contribution in [3.8, 4) is 0 Å². The highest BCUT2D eigenvalue weighted by atomic mass is 32.2. The van der Waals surface area contributed by atoms with E-state index in [1.54, 1.807) is 17.6 Å². The van der Waals surface area contributed by atoms with Gasteiger partial charge in [-0.3, -0.25) is 4.79 Å². The van der Waals surface area contributed by atoms with Gasteiger partial charge in [-0.05, 0) is 44.7 Å². The minimum atomic E-state index is -3.56. The SMILES string of the molecule is CCC(CC)NS(=O)(=O)c1ccc(N2CCC(NC(=O)c3scnc3C)CC2)nc1. The second kappa shape index (κ2) is 9.84. The minimum Gasteiger partial charge on any atom is -0.356 e. The molecule has 2 N–H and O–H groups in total. The van der Waals surface area contributed by atoms with Crippen molar-refractivity contribution < 1.29 is 13.2 Å². The van der Waals surface area contributed by atoms with Crippen LogP contribution in [0, 0.1) is 6.92 Å². The third kappa shape index (κ3) is 5.35. The Morgan fingerprint density at radius 3 is 2.47 bits per heavy atom. The highest BCUT2D eigenvalue weighted by Gasteiger charge is 2.24. The van der Waals surface area contributed by atoms with Crippen molar-refractivity contribution in [3.05, 3.63) is 34.4 Å². The quantitative estimate of drug-likeness (QED) is 0.639. The second-order valence-corrected chi connectivity index (χ2v) is 10.1. The normalized spacial score (nSPS) is 15.5. The van der Waals surface area contributed by atoms with Gasteiger partial charge in [-0.25, -0.2) is 23.1 Å². The number of sulfonamides is 1. The lowest BCUT2D eigenvalue weighted by Crippen LogP contribution is -2.45. The molecular weight excluding hydrogens is 422 g/mol. The average Bonchev–Trinajstić information content (AvgIpc) is 3.18. The maximum atomic E-state index is 12.5. The zero-order valence-corrected chi connectivity index (χ0v) is 19.2. The molecule has 3 rings (SSSR count). The number of aromatic nitrogens is 2. The predicted octanol–water partition coefficient (Wildman–Crippen LogP) is 2.71. The smallest absolute Gasteiger partial charge is 0.263 e. The van der Waals surface area contributed by atoms with Crippen molar-refractivity contribution in [2.75, 3.05) is 18.0 Å². The lowest BCUT2D eigenvalue weighted by atomic mass is 10.0. The van der Waals surface area contributed by atoms with E-state index >= 15 is 0 Å². The molecule has 8 nitrogen and oxygen atoms in total. The van der Waals surface area contributed by atoms with E-state index in [0.717, 1.165) is 50.3 Å². The summed E-state index contributed by atoms with van der Waals surface area (Å²) in [5.41, 5.74) is 2.44. The molecule has 0 spiro atoms. The Kier molecular flexibility index (Phi) is 7.43. The van der Waals surface area contributed by atoms with Crippen LogP contribution in [0.1, 0.15) is 54.9 Å². The second-order valence-electron chi connectivity index (χ2n) is 7.49. The molecule has 0 saturated carbocycles. The number of nitrogens with zero attached hydrogens (tertiary/aromatic N) is 3. The summed E-state index contributed by atoms with van der Waals surface area (Å²) in [7, 11) is -3.56. The maximum absolute atomic E-state index is 12.5. The van der Waals surface area contributed by atoms with E-state index in [1.807, 2.05) is 20.8 Å². The summed E-state index contributed by atoms with van der Waals surface area (Å²) >= 11 is 1.36. The Labute approximate surface area is 182 Å². The molecule has 0 bridgehead atoms. The van der Waals surface area contributed by atoms with Crippen molar-refractivity contribution in [2.24, 2.45) is 0 Å². The van der Waals surface area contributed by atoms with Gasteiger partial charge in [0.1, 0.15) is 15.6 Å². The third-order valence-corrected chi connectivity index (χ3v) is 7.88. The van der Waals surface area contributed by atoms with Crippen LogP contribution in [0.4, 0.5) is 5.82 Å². The number of piperidine rings is 1. The summed E-state index contributed by atoms with van der Waals surface area (Å²) in [6.07, 6.45) is 4.52. The maximum Gasteiger partial charge on any atom is 0.263 e. The molecule has 0 atom stereocenters. The lowest BCUT2D eigenvalue weighted by Gasteiger charge is -2.33. The zero-order chi connectivity index (χ0) is 21.7. The predicted molar refractivity (Wildman–Crippen MR) is 118 cm³/mol. The van der Waals surface area contributed by atoms with Crippen LogP contribution in [0.15, 0.2) is 28.7 Å². The summed E-state index contributed by atoms with van der Waals surface area (Å²) in [5.74, 6) is 0.686. The molecule has 164 valence electrons. The van der Waals surface area contributed by atoms with Crippen LogP contribution >= 0.6 is 11.3 Å². The molecule has 0 unspecified atom stereocenters. The van der Waals surface area contributed by atoms with Crippen LogP contribution < -0.4 is 14.9 Å². The molecule has 2 aromatic rings. The van der Waals surface area contributed by atoms with Crippen LogP contribution in [0.25, 0.3) is 0 Å². The van der Waals surface area contributed by atoms with Gasteiger partial charge in [-0.2, -0.15) is 0 Å². The van der Waals surface area contributed by atoms with Gasteiger partial charge >= 0.3 is 0 Å². The first kappa shape index (κ1) is 22.6. The van der Waals surface area contributed by atoms with E-state index in [9.17, 15) is 13.2 Å². The summed E-state index contributed by atoms with van der Waals surface area (Å²) in [4.78, 5) is 23.8. The monoisotopic (exact) mass is 451 g/mol. The summed E-state index contributed by atoms with van der Waals surface area (Å²) in [6, 6.07) is 3.39. The van der Waals surface area contributed by atoms with Gasteiger partial charge in [0, 0.05) is 31.4 Å². The Hall–Kier alpha value is -2.04. The molecule has 0 aromatic carbocycles. The van der Waals surface area contributed by atoms with Gasteiger partial charge in [-0.15, -0.1) is 11.3 Å². The van der Waals surface area contributed by atoms with Gasteiger partial charge in [0.25, 0.3) is 5.91 Å². The van der Waals surface area contributed by atoms with E-state index in [0.29, 0.717) is 4.88 Å². The first-order valence-corrected chi connectivity index (χ1v) is 12.6. The van der Waals surface area contributed by atoms with Crippen molar-refractivity contribution in [1.29, 1.82) is 0 Å². The number of hydrogen-bond donors (Lipinski definition) is 2. The number of carbonyl (C=O) groups excluding carboxylic acids is 1. The lowest BCUT2D eigenvalue weighted by molar-refractivity contribution is 0.0934.